The number of rotatable bonds is 6. The Morgan fingerprint density at radius 3 is 2.48 bits per heavy atom. The number of nitrogens with one attached hydrogen (secondary N) is 3. The van der Waals surface area contributed by atoms with E-state index in [4.69, 9.17) is 0 Å². The summed E-state index contributed by atoms with van der Waals surface area (Å²) < 4.78 is 0. The van der Waals surface area contributed by atoms with Gasteiger partial charge in [-0.3, -0.25) is 0 Å². The van der Waals surface area contributed by atoms with Crippen molar-refractivity contribution in [1.82, 2.24) is 16.0 Å². The minimum absolute atomic E-state index is 0.0793. The van der Waals surface area contributed by atoms with Crippen molar-refractivity contribution >= 4 is 20.9 Å². The summed E-state index contributed by atoms with van der Waals surface area (Å²) >= 11 is 0.538. The van der Waals surface area contributed by atoms with Crippen LogP contribution in [0.5, 0.6) is 0 Å². The van der Waals surface area contributed by atoms with E-state index < -0.39 is 0 Å². The summed E-state index contributed by atoms with van der Waals surface area (Å²) in [5.74, 6) is 0.0793. The number of hydrogen-bond acceptors (Lipinski definition) is 3. The molecule has 1 amide bonds. The van der Waals surface area contributed by atoms with Crippen LogP contribution in [0.2, 0.25) is 10.1 Å². The zero-order chi connectivity index (χ0) is 18.9. The van der Waals surface area contributed by atoms with Crippen LogP contribution in [0.25, 0.3) is 0 Å². The Morgan fingerprint density at radius 2 is 1.92 bits per heavy atom. The fourth-order valence-corrected chi connectivity index (χ4v) is 6.44. The second-order valence-electron chi connectivity index (χ2n) is 8.97. The molecule has 0 saturated carbocycles. The van der Waals surface area contributed by atoms with Gasteiger partial charge in [0.2, 0.25) is 0 Å². The SMILES string of the molecule is CC1C=C(C(=O)NCCC[Se]C2C=CC(C)(C)NC2(C)C)C(C)(C)N1. The molecule has 0 aromatic rings. The molecule has 25 heavy (non-hydrogen) atoms. The summed E-state index contributed by atoms with van der Waals surface area (Å²) in [4.78, 5) is 13.0. The van der Waals surface area contributed by atoms with E-state index in [1.807, 2.05) is 6.08 Å². The first-order valence-electron chi connectivity index (χ1n) is 9.31. The number of carbonyl (C=O) groups excluding carboxylic acids is 1. The first-order valence-corrected chi connectivity index (χ1v) is 11.5. The van der Waals surface area contributed by atoms with Gasteiger partial charge in [-0.2, -0.15) is 0 Å². The van der Waals surface area contributed by atoms with Crippen molar-refractivity contribution in [3.05, 3.63) is 23.8 Å². The van der Waals surface area contributed by atoms with Gasteiger partial charge in [0.05, 0.1) is 0 Å². The molecule has 2 aliphatic rings. The molecule has 0 bridgehead atoms. The number of hydrogen-bond donors (Lipinski definition) is 3. The predicted octanol–water partition coefficient (Wildman–Crippen LogP) is 2.82. The van der Waals surface area contributed by atoms with Crippen LogP contribution in [0.4, 0.5) is 0 Å². The zero-order valence-corrected chi connectivity index (χ0v) is 18.5. The first-order chi connectivity index (χ1) is 11.4. The second-order valence-corrected chi connectivity index (χ2v) is 11.6. The number of carbonyl (C=O) groups is 1. The minimum atomic E-state index is -0.233. The Bertz CT molecular complexity index is 563. The van der Waals surface area contributed by atoms with Crippen molar-refractivity contribution in [1.29, 1.82) is 0 Å². The van der Waals surface area contributed by atoms with Crippen molar-refractivity contribution < 1.29 is 4.79 Å². The van der Waals surface area contributed by atoms with Gasteiger partial charge in [-0.15, -0.1) is 0 Å². The molecule has 2 heterocycles. The molecule has 0 spiro atoms. The van der Waals surface area contributed by atoms with Crippen molar-refractivity contribution in [3.63, 3.8) is 0 Å². The Labute approximate surface area is 159 Å². The first kappa shape index (κ1) is 20.7. The molecular weight excluding hydrogens is 377 g/mol. The normalized spacial score (nSPS) is 29.3. The number of amides is 1. The van der Waals surface area contributed by atoms with Crippen molar-refractivity contribution in [3.8, 4) is 0 Å². The van der Waals surface area contributed by atoms with E-state index in [1.165, 1.54) is 5.32 Å². The Hall–Kier alpha value is -0.611. The molecule has 142 valence electrons. The Kier molecular flexibility index (Phi) is 6.26. The fraction of sp³-hybridized carbons (Fsp3) is 0.750. The molecule has 0 aromatic heterocycles. The molecular formula is C20H35N3OSe. The van der Waals surface area contributed by atoms with Gasteiger partial charge in [-0.05, 0) is 0 Å². The monoisotopic (exact) mass is 413 g/mol. The van der Waals surface area contributed by atoms with E-state index >= 15 is 0 Å². The molecule has 2 aliphatic heterocycles. The van der Waals surface area contributed by atoms with E-state index in [2.05, 4.69) is 76.6 Å². The molecule has 4 nitrogen and oxygen atoms in total. The van der Waals surface area contributed by atoms with Crippen molar-refractivity contribution in [2.24, 2.45) is 0 Å². The van der Waals surface area contributed by atoms with Gasteiger partial charge in [0.1, 0.15) is 0 Å². The van der Waals surface area contributed by atoms with Crippen molar-refractivity contribution in [2.75, 3.05) is 6.54 Å². The van der Waals surface area contributed by atoms with E-state index in [9.17, 15) is 4.79 Å². The molecule has 5 heteroatoms. The zero-order valence-electron chi connectivity index (χ0n) is 16.8. The molecule has 2 atom stereocenters. The van der Waals surface area contributed by atoms with Crippen LogP contribution in [0.3, 0.4) is 0 Å². The summed E-state index contributed by atoms with van der Waals surface area (Å²) in [6, 6.07) is 0.260. The third-order valence-electron chi connectivity index (χ3n) is 4.87. The maximum atomic E-state index is 12.4. The third-order valence-corrected chi connectivity index (χ3v) is 8.29. The van der Waals surface area contributed by atoms with Crippen LogP contribution in [0, 0.1) is 0 Å². The molecule has 2 rings (SSSR count). The van der Waals surface area contributed by atoms with Gasteiger partial charge < -0.3 is 0 Å². The van der Waals surface area contributed by atoms with Gasteiger partial charge in [0, 0.05) is 0 Å². The van der Waals surface area contributed by atoms with E-state index in [1.54, 1.807) is 0 Å². The summed E-state index contributed by atoms with van der Waals surface area (Å²) in [6.07, 6.45) is 7.79. The van der Waals surface area contributed by atoms with Gasteiger partial charge in [0.25, 0.3) is 0 Å². The predicted molar refractivity (Wildman–Crippen MR) is 107 cm³/mol. The summed E-state index contributed by atoms with van der Waals surface area (Å²) in [5.41, 5.74) is 0.857. The standard InChI is InChI=1S/C20H35N3OSe/c1-14-13-15(19(4,5)22-14)17(24)21-11-8-12-25-16-9-10-18(2,3)23-20(16,6)7/h9-10,13-14,16,22-23H,8,11-12H2,1-7H3,(H,21,24). The summed E-state index contributed by atoms with van der Waals surface area (Å²) in [7, 11) is 0. The van der Waals surface area contributed by atoms with Crippen LogP contribution in [-0.2, 0) is 4.79 Å². The maximum absolute atomic E-state index is 12.4. The average molecular weight is 412 g/mol. The molecule has 0 fully saturated rings. The molecule has 0 saturated heterocycles. The van der Waals surface area contributed by atoms with Gasteiger partial charge in [-0.1, -0.05) is 0 Å². The molecule has 0 aromatic carbocycles. The fourth-order valence-electron chi connectivity index (χ4n) is 3.86. The topological polar surface area (TPSA) is 53.2 Å². The van der Waals surface area contributed by atoms with Crippen LogP contribution in [0.15, 0.2) is 23.8 Å². The van der Waals surface area contributed by atoms with Crippen molar-refractivity contribution in [2.45, 2.75) is 87.7 Å². The van der Waals surface area contributed by atoms with E-state index in [0.29, 0.717) is 19.8 Å². The van der Waals surface area contributed by atoms with Crippen LogP contribution in [-0.4, -0.2) is 50.1 Å². The van der Waals surface area contributed by atoms with Gasteiger partial charge in [-0.25, -0.2) is 0 Å². The van der Waals surface area contributed by atoms with Crippen LogP contribution in [0.1, 0.15) is 54.9 Å². The summed E-state index contributed by atoms with van der Waals surface area (Å²) in [6.45, 7) is 16.0. The summed E-state index contributed by atoms with van der Waals surface area (Å²) in [5, 5.41) is 11.4. The Morgan fingerprint density at radius 1 is 1.24 bits per heavy atom. The van der Waals surface area contributed by atoms with E-state index in [-0.39, 0.29) is 28.6 Å². The second kappa shape index (κ2) is 7.56. The van der Waals surface area contributed by atoms with Gasteiger partial charge in [0.15, 0.2) is 0 Å². The van der Waals surface area contributed by atoms with Gasteiger partial charge >= 0.3 is 160 Å². The average Bonchev–Trinajstić information content (AvgIpc) is 2.71. The molecule has 0 aliphatic carbocycles. The van der Waals surface area contributed by atoms with E-state index in [0.717, 1.165) is 18.5 Å². The molecule has 2 unspecified atom stereocenters. The molecule has 3 N–H and O–H groups in total. The van der Waals surface area contributed by atoms with Crippen LogP contribution >= 0.6 is 0 Å². The van der Waals surface area contributed by atoms with Crippen LogP contribution < -0.4 is 16.0 Å². The molecule has 0 radical (unpaired) electrons. The Balaban J connectivity index is 1.74. The third kappa shape index (κ3) is 5.43. The quantitative estimate of drug-likeness (QED) is 0.357.